The second-order valence-corrected chi connectivity index (χ2v) is 9.56. The molecule has 1 aliphatic rings. The minimum absolute atomic E-state index is 0. The first kappa shape index (κ1) is 27.7. The number of aliphatic imine (C=N–C) groups is 1. The molecule has 1 heterocycles. The fourth-order valence-corrected chi connectivity index (χ4v) is 5.26. The Morgan fingerprint density at radius 2 is 1.62 bits per heavy atom. The molecule has 3 rings (SSSR count). The van der Waals surface area contributed by atoms with Crippen molar-refractivity contribution < 1.29 is 13.2 Å². The molecule has 0 aliphatic carbocycles. The highest BCUT2D eigenvalue weighted by molar-refractivity contribution is 7.91. The van der Waals surface area contributed by atoms with Crippen LogP contribution in [0.2, 0.25) is 0 Å². The summed E-state index contributed by atoms with van der Waals surface area (Å²) in [4.78, 5) is 18.1. The maximum Gasteiger partial charge on any atom is 0.280 e. The molecule has 2 aromatic carbocycles. The van der Waals surface area contributed by atoms with Gasteiger partial charge < -0.3 is 16.4 Å². The first-order chi connectivity index (χ1) is 14.4. The molecule has 0 radical (unpaired) electrons. The van der Waals surface area contributed by atoms with E-state index in [0.717, 1.165) is 37.9 Å². The number of hydrogen-bond donors (Lipinski definition) is 2. The van der Waals surface area contributed by atoms with Crippen LogP contribution < -0.4 is 16.4 Å². The number of hydrogen-bond acceptors (Lipinski definition) is 4. The summed E-state index contributed by atoms with van der Waals surface area (Å²) in [5.74, 6) is -1.00. The highest BCUT2D eigenvalue weighted by atomic mass is 35.5. The standard InChI is InChI=1S/C22H28N4O3S.2ClH/c23-22(24)25-21(27)18-11-12-19(26-13-5-2-6-14-26)20(16-18)30(28,29)15-7-10-17-8-3-1-4-9-17;;/h1,3-4,8-9,11-12,16H,2,5-7,10,13-15H2,(H4,23,24,25,27);2*1H. The smallest absolute Gasteiger partial charge is 0.280 e. The van der Waals surface area contributed by atoms with Gasteiger partial charge >= 0.3 is 0 Å². The van der Waals surface area contributed by atoms with Gasteiger partial charge in [-0.15, -0.1) is 24.8 Å². The molecule has 2 aromatic rings. The molecule has 176 valence electrons. The maximum absolute atomic E-state index is 13.3. The molecule has 0 bridgehead atoms. The molecule has 1 aliphatic heterocycles. The van der Waals surface area contributed by atoms with E-state index in [-0.39, 0.29) is 47.0 Å². The van der Waals surface area contributed by atoms with Gasteiger partial charge in [-0.2, -0.15) is 4.99 Å². The third kappa shape index (κ3) is 7.39. The molecular weight excluding hydrogens is 471 g/mol. The van der Waals surface area contributed by atoms with Gasteiger partial charge in [0.05, 0.1) is 16.3 Å². The first-order valence-electron chi connectivity index (χ1n) is 10.2. The normalized spacial score (nSPS) is 13.4. The Morgan fingerprint density at radius 3 is 2.25 bits per heavy atom. The number of sulfone groups is 1. The van der Waals surface area contributed by atoms with E-state index in [2.05, 4.69) is 9.89 Å². The summed E-state index contributed by atoms with van der Waals surface area (Å²) in [5, 5.41) is 0. The van der Waals surface area contributed by atoms with Crippen LogP contribution in [0.25, 0.3) is 0 Å². The molecule has 1 amide bonds. The molecule has 32 heavy (non-hydrogen) atoms. The summed E-state index contributed by atoms with van der Waals surface area (Å²) in [6, 6.07) is 14.5. The largest absolute Gasteiger partial charge is 0.370 e. The number of rotatable bonds is 7. The van der Waals surface area contributed by atoms with Gasteiger partial charge in [0, 0.05) is 18.7 Å². The van der Waals surface area contributed by atoms with Gasteiger partial charge in [-0.05, 0) is 55.9 Å². The van der Waals surface area contributed by atoms with Gasteiger partial charge in [0.1, 0.15) is 0 Å². The summed E-state index contributed by atoms with van der Waals surface area (Å²) in [5.41, 5.74) is 12.5. The van der Waals surface area contributed by atoms with Crippen LogP contribution in [0.3, 0.4) is 0 Å². The third-order valence-electron chi connectivity index (χ3n) is 5.19. The maximum atomic E-state index is 13.3. The number of guanidine groups is 1. The lowest BCUT2D eigenvalue weighted by molar-refractivity contribution is 0.100. The number of carbonyl (C=O) groups excluding carboxylic acids is 1. The Balaban J connectivity index is 0.00000256. The van der Waals surface area contributed by atoms with Crippen molar-refractivity contribution in [3.05, 3.63) is 59.7 Å². The summed E-state index contributed by atoms with van der Waals surface area (Å²) in [7, 11) is -3.60. The van der Waals surface area contributed by atoms with E-state index in [0.29, 0.717) is 18.5 Å². The van der Waals surface area contributed by atoms with E-state index in [9.17, 15) is 13.2 Å². The zero-order valence-electron chi connectivity index (χ0n) is 17.8. The predicted octanol–water partition coefficient (Wildman–Crippen LogP) is 3.34. The Kier molecular flexibility index (Phi) is 11.0. The van der Waals surface area contributed by atoms with Gasteiger partial charge in [-0.1, -0.05) is 30.3 Å². The second kappa shape index (κ2) is 12.7. The lowest BCUT2D eigenvalue weighted by Crippen LogP contribution is -2.31. The first-order valence-corrected chi connectivity index (χ1v) is 11.8. The Labute approximate surface area is 202 Å². The average molecular weight is 501 g/mol. The monoisotopic (exact) mass is 500 g/mol. The second-order valence-electron chi connectivity index (χ2n) is 7.48. The van der Waals surface area contributed by atoms with E-state index in [4.69, 9.17) is 11.5 Å². The van der Waals surface area contributed by atoms with Crippen molar-refractivity contribution in [3.63, 3.8) is 0 Å². The van der Waals surface area contributed by atoms with E-state index >= 15 is 0 Å². The fraction of sp³-hybridized carbons (Fsp3) is 0.364. The molecule has 10 heteroatoms. The third-order valence-corrected chi connectivity index (χ3v) is 7.01. The number of carbonyl (C=O) groups is 1. The Morgan fingerprint density at radius 1 is 0.969 bits per heavy atom. The van der Waals surface area contributed by atoms with Crippen molar-refractivity contribution in [3.8, 4) is 0 Å². The molecular formula is C22H30Cl2N4O3S. The van der Waals surface area contributed by atoms with E-state index in [1.165, 1.54) is 6.07 Å². The van der Waals surface area contributed by atoms with Crippen molar-refractivity contribution in [1.82, 2.24) is 0 Å². The van der Waals surface area contributed by atoms with Crippen LogP contribution in [-0.4, -0.2) is 39.1 Å². The lowest BCUT2D eigenvalue weighted by Gasteiger charge is -2.30. The molecule has 0 atom stereocenters. The van der Waals surface area contributed by atoms with Crippen molar-refractivity contribution in [2.45, 2.75) is 37.0 Å². The molecule has 1 fully saturated rings. The van der Waals surface area contributed by atoms with Crippen LogP contribution in [0.15, 0.2) is 58.4 Å². The van der Waals surface area contributed by atoms with E-state index < -0.39 is 15.7 Å². The molecule has 7 nitrogen and oxygen atoms in total. The number of piperidine rings is 1. The van der Waals surface area contributed by atoms with Crippen molar-refractivity contribution in [2.75, 3.05) is 23.7 Å². The number of aryl methyl sites for hydroxylation is 1. The van der Waals surface area contributed by atoms with Gasteiger partial charge in [0.25, 0.3) is 5.91 Å². The van der Waals surface area contributed by atoms with E-state index in [1.807, 2.05) is 30.3 Å². The van der Waals surface area contributed by atoms with Crippen LogP contribution in [0, 0.1) is 0 Å². The van der Waals surface area contributed by atoms with Crippen LogP contribution in [0.4, 0.5) is 5.69 Å². The SMILES string of the molecule is Cl.Cl.NC(N)=NC(=O)c1ccc(N2CCCCC2)c(S(=O)(=O)CCCc2ccccc2)c1. The average Bonchev–Trinajstić information content (AvgIpc) is 2.74. The number of nitrogens with zero attached hydrogens (tertiary/aromatic N) is 2. The van der Waals surface area contributed by atoms with Crippen LogP contribution in [0.5, 0.6) is 0 Å². The number of halogens is 2. The molecule has 0 unspecified atom stereocenters. The number of benzene rings is 2. The summed E-state index contributed by atoms with van der Waals surface area (Å²) >= 11 is 0. The number of nitrogens with two attached hydrogens (primary N) is 2. The zero-order chi connectivity index (χ0) is 21.6. The molecule has 0 aromatic heterocycles. The van der Waals surface area contributed by atoms with Crippen molar-refractivity contribution in [1.29, 1.82) is 0 Å². The minimum atomic E-state index is -3.60. The van der Waals surface area contributed by atoms with Gasteiger partial charge in [-0.25, -0.2) is 8.42 Å². The van der Waals surface area contributed by atoms with Crippen molar-refractivity contribution in [2.24, 2.45) is 16.5 Å². The quantitative estimate of drug-likeness (QED) is 0.444. The van der Waals surface area contributed by atoms with Crippen LogP contribution in [0.1, 0.15) is 41.6 Å². The van der Waals surface area contributed by atoms with Gasteiger partial charge in [0.15, 0.2) is 15.8 Å². The minimum Gasteiger partial charge on any atom is -0.370 e. The predicted molar refractivity (Wildman–Crippen MR) is 134 cm³/mol. The fourth-order valence-electron chi connectivity index (χ4n) is 3.70. The molecule has 1 saturated heterocycles. The van der Waals surface area contributed by atoms with Crippen molar-refractivity contribution >= 4 is 52.2 Å². The highest BCUT2D eigenvalue weighted by Crippen LogP contribution is 2.30. The number of anilines is 1. The topological polar surface area (TPSA) is 119 Å². The summed E-state index contributed by atoms with van der Waals surface area (Å²) < 4.78 is 26.5. The zero-order valence-corrected chi connectivity index (χ0v) is 20.2. The Hall–Kier alpha value is -2.29. The highest BCUT2D eigenvalue weighted by Gasteiger charge is 2.24. The Bertz CT molecular complexity index is 1020. The molecule has 0 spiro atoms. The lowest BCUT2D eigenvalue weighted by atomic mass is 10.1. The molecule has 0 saturated carbocycles. The summed E-state index contributed by atoms with van der Waals surface area (Å²) in [6.07, 6.45) is 4.34. The number of amides is 1. The van der Waals surface area contributed by atoms with Gasteiger partial charge in [0.2, 0.25) is 0 Å². The van der Waals surface area contributed by atoms with Gasteiger partial charge in [-0.3, -0.25) is 4.79 Å². The molecule has 4 N–H and O–H groups in total. The van der Waals surface area contributed by atoms with E-state index in [1.54, 1.807) is 12.1 Å². The summed E-state index contributed by atoms with van der Waals surface area (Å²) in [6.45, 7) is 1.60. The van der Waals surface area contributed by atoms with Crippen LogP contribution in [-0.2, 0) is 16.3 Å². The van der Waals surface area contributed by atoms with Crippen LogP contribution >= 0.6 is 24.8 Å².